The highest BCUT2D eigenvalue weighted by molar-refractivity contribution is 5.63. The standard InChI is InChI=1S/C37H40N2O6/c1-38-14-12-24-19-31(42-4)33-21-27(24)28(38)16-22-6-9-26(10-7-22)44-32-18-23(8-11-30(32)41-3)17-29-35-25(13-15-39(29)2)20-34(43-5)36(40)37(35)45-33/h6-11,18-21,28-29,40H,12-17H2,1-5H3/t28-,29+/m1/s1. The number of phenolic OH excluding ortho intramolecular Hbond substituents is 1. The number of hydrogen-bond donors (Lipinski definition) is 1. The molecule has 1 N–H and O–H groups in total. The summed E-state index contributed by atoms with van der Waals surface area (Å²) in [5.74, 6) is 4.09. The van der Waals surface area contributed by atoms with Gasteiger partial charge in [-0.2, -0.15) is 0 Å². The fraction of sp³-hybridized carbons (Fsp3) is 0.351. The first-order valence-electron chi connectivity index (χ1n) is 15.5. The first-order valence-corrected chi connectivity index (χ1v) is 15.5. The molecule has 4 aromatic rings. The molecule has 0 saturated carbocycles. The van der Waals surface area contributed by atoms with E-state index in [1.807, 2.05) is 30.3 Å². The lowest BCUT2D eigenvalue weighted by molar-refractivity contribution is 0.220. The number of ether oxygens (including phenoxy) is 5. The highest BCUT2D eigenvalue weighted by atomic mass is 16.5. The zero-order valence-electron chi connectivity index (χ0n) is 26.6. The van der Waals surface area contributed by atoms with Crippen LogP contribution in [0.2, 0.25) is 0 Å². The van der Waals surface area contributed by atoms with Crippen molar-refractivity contribution in [3.05, 3.63) is 94.0 Å². The van der Waals surface area contributed by atoms with E-state index in [1.54, 1.807) is 21.3 Å². The topological polar surface area (TPSA) is 72.9 Å². The Hall–Kier alpha value is -4.40. The average Bonchev–Trinajstić information content (AvgIpc) is 3.05. The van der Waals surface area contributed by atoms with Crippen molar-refractivity contribution in [1.29, 1.82) is 0 Å². The molecule has 8 nitrogen and oxygen atoms in total. The van der Waals surface area contributed by atoms with Gasteiger partial charge in [0.15, 0.2) is 34.5 Å². The van der Waals surface area contributed by atoms with Crippen LogP contribution >= 0.6 is 0 Å². The Balaban J connectivity index is 1.45. The van der Waals surface area contributed by atoms with Gasteiger partial charge >= 0.3 is 0 Å². The van der Waals surface area contributed by atoms with Crippen LogP contribution in [0.5, 0.6) is 46.0 Å². The van der Waals surface area contributed by atoms with E-state index in [4.69, 9.17) is 23.7 Å². The molecule has 4 aromatic carbocycles. The van der Waals surface area contributed by atoms with Crippen molar-refractivity contribution in [3.8, 4) is 46.0 Å². The van der Waals surface area contributed by atoms with Gasteiger partial charge in [-0.3, -0.25) is 9.80 Å². The summed E-state index contributed by atoms with van der Waals surface area (Å²) in [6.07, 6.45) is 3.20. The molecule has 4 heterocycles. The zero-order chi connectivity index (χ0) is 31.2. The first kappa shape index (κ1) is 29.3. The summed E-state index contributed by atoms with van der Waals surface area (Å²) in [7, 11) is 9.19. The molecule has 234 valence electrons. The molecular formula is C37H40N2O6. The molecule has 0 saturated heterocycles. The SMILES string of the molecule is COc1ccc2cc1Oc1ccc(cc1)C[C@@H]1c3cc(c(OC)cc3CCN1C)Oc1c(O)c(OC)cc3c1[C@H](C2)N(C)CC3. The summed E-state index contributed by atoms with van der Waals surface area (Å²) in [6, 6.07) is 20.6. The highest BCUT2D eigenvalue weighted by Crippen LogP contribution is 2.51. The number of rotatable bonds is 3. The van der Waals surface area contributed by atoms with Crippen LogP contribution in [0.1, 0.15) is 45.5 Å². The lowest BCUT2D eigenvalue weighted by Gasteiger charge is -2.37. The lowest BCUT2D eigenvalue weighted by atomic mass is 9.87. The zero-order valence-corrected chi connectivity index (χ0v) is 26.6. The Morgan fingerprint density at radius 3 is 2.02 bits per heavy atom. The van der Waals surface area contributed by atoms with E-state index in [0.29, 0.717) is 40.9 Å². The predicted octanol–water partition coefficient (Wildman–Crippen LogP) is 6.86. The van der Waals surface area contributed by atoms with Crippen molar-refractivity contribution in [2.45, 2.75) is 37.8 Å². The third-order valence-electron chi connectivity index (χ3n) is 9.66. The number of phenols is 1. The van der Waals surface area contributed by atoms with Gasteiger partial charge in [-0.15, -0.1) is 0 Å². The fourth-order valence-electron chi connectivity index (χ4n) is 7.10. The third-order valence-corrected chi connectivity index (χ3v) is 9.66. The van der Waals surface area contributed by atoms with Gasteiger partial charge in [-0.1, -0.05) is 18.2 Å². The number of likely N-dealkylation sites (N-methyl/N-ethyl adjacent to an activating group) is 2. The number of hydrogen-bond acceptors (Lipinski definition) is 8. The normalized spacial score (nSPS) is 19.4. The minimum absolute atomic E-state index is 0.0160. The van der Waals surface area contributed by atoms with Gasteiger partial charge in [0, 0.05) is 30.7 Å². The maximum Gasteiger partial charge on any atom is 0.201 e. The van der Waals surface area contributed by atoms with Crippen LogP contribution in [0.4, 0.5) is 0 Å². The van der Waals surface area contributed by atoms with Crippen LogP contribution in [-0.2, 0) is 25.7 Å². The number of aromatic hydroxyl groups is 1. The van der Waals surface area contributed by atoms with Crippen molar-refractivity contribution < 1.29 is 28.8 Å². The first-order chi connectivity index (χ1) is 21.9. The number of fused-ring (bicyclic) bond motifs is 2. The molecule has 0 fully saturated rings. The molecule has 0 spiro atoms. The Bertz CT molecular complexity index is 1740. The monoisotopic (exact) mass is 608 g/mol. The second-order valence-electron chi connectivity index (χ2n) is 12.3. The Kier molecular flexibility index (Phi) is 7.71. The van der Waals surface area contributed by atoms with Gasteiger partial charge in [0.1, 0.15) is 5.75 Å². The van der Waals surface area contributed by atoms with Crippen molar-refractivity contribution >= 4 is 0 Å². The van der Waals surface area contributed by atoms with Crippen molar-refractivity contribution in [2.75, 3.05) is 48.5 Å². The minimum Gasteiger partial charge on any atom is -0.502 e. The molecule has 4 aliphatic rings. The van der Waals surface area contributed by atoms with E-state index in [0.717, 1.165) is 54.8 Å². The van der Waals surface area contributed by atoms with E-state index in [1.165, 1.54) is 16.7 Å². The fourth-order valence-corrected chi connectivity index (χ4v) is 7.10. The summed E-state index contributed by atoms with van der Waals surface area (Å²) in [5, 5.41) is 11.6. The van der Waals surface area contributed by atoms with Crippen molar-refractivity contribution in [3.63, 3.8) is 0 Å². The van der Waals surface area contributed by atoms with E-state index in [-0.39, 0.29) is 17.8 Å². The van der Waals surface area contributed by atoms with Gasteiger partial charge in [-0.25, -0.2) is 0 Å². The largest absolute Gasteiger partial charge is 0.502 e. The molecule has 8 rings (SSSR count). The van der Waals surface area contributed by atoms with E-state index in [2.05, 4.69) is 54.2 Å². The van der Waals surface area contributed by atoms with Gasteiger partial charge in [0.25, 0.3) is 0 Å². The van der Waals surface area contributed by atoms with Crippen molar-refractivity contribution in [2.24, 2.45) is 0 Å². The second-order valence-corrected chi connectivity index (χ2v) is 12.3. The van der Waals surface area contributed by atoms with E-state index < -0.39 is 0 Å². The summed E-state index contributed by atoms with van der Waals surface area (Å²) in [4.78, 5) is 4.71. The molecule has 4 aliphatic heterocycles. The molecule has 2 atom stereocenters. The second kappa shape index (κ2) is 11.8. The summed E-state index contributed by atoms with van der Waals surface area (Å²) < 4.78 is 30.5. The number of methoxy groups -OCH3 is 3. The number of nitrogens with zero attached hydrogens (tertiary/aromatic N) is 2. The molecule has 8 heteroatoms. The van der Waals surface area contributed by atoms with Crippen LogP contribution in [0, 0.1) is 0 Å². The maximum absolute atomic E-state index is 11.6. The molecule has 0 amide bonds. The van der Waals surface area contributed by atoms with Crippen LogP contribution in [0.3, 0.4) is 0 Å². The molecule has 0 unspecified atom stereocenters. The minimum atomic E-state index is -0.0810. The van der Waals surface area contributed by atoms with Gasteiger partial charge in [0.2, 0.25) is 5.75 Å². The van der Waals surface area contributed by atoms with Gasteiger partial charge in [-0.05, 0) is 110 Å². The molecule has 0 radical (unpaired) electrons. The van der Waals surface area contributed by atoms with Crippen LogP contribution in [-0.4, -0.2) is 63.4 Å². The van der Waals surface area contributed by atoms with E-state index in [9.17, 15) is 5.11 Å². The summed E-state index contributed by atoms with van der Waals surface area (Å²) in [5.41, 5.74) is 6.77. The average molecular weight is 609 g/mol. The van der Waals surface area contributed by atoms with Gasteiger partial charge < -0.3 is 28.8 Å². The number of benzene rings is 4. The molecular weight excluding hydrogens is 568 g/mol. The Morgan fingerprint density at radius 2 is 1.29 bits per heavy atom. The van der Waals surface area contributed by atoms with E-state index >= 15 is 0 Å². The Labute approximate surface area is 264 Å². The van der Waals surface area contributed by atoms with Crippen LogP contribution < -0.4 is 23.7 Å². The quantitative estimate of drug-likeness (QED) is 0.271. The molecule has 45 heavy (non-hydrogen) atoms. The molecule has 0 aromatic heterocycles. The predicted molar refractivity (Wildman–Crippen MR) is 173 cm³/mol. The Morgan fingerprint density at radius 1 is 0.667 bits per heavy atom. The van der Waals surface area contributed by atoms with Crippen molar-refractivity contribution in [1.82, 2.24) is 9.80 Å². The highest BCUT2D eigenvalue weighted by Gasteiger charge is 2.34. The summed E-state index contributed by atoms with van der Waals surface area (Å²) in [6.45, 7) is 1.80. The smallest absolute Gasteiger partial charge is 0.201 e. The molecule has 0 aliphatic carbocycles. The van der Waals surface area contributed by atoms with Crippen LogP contribution in [0.15, 0.2) is 60.7 Å². The van der Waals surface area contributed by atoms with Crippen LogP contribution in [0.25, 0.3) is 0 Å². The third kappa shape index (κ3) is 5.32. The molecule has 6 bridgehead atoms. The van der Waals surface area contributed by atoms with Gasteiger partial charge in [0.05, 0.1) is 21.3 Å². The summed E-state index contributed by atoms with van der Waals surface area (Å²) >= 11 is 0. The lowest BCUT2D eigenvalue weighted by Crippen LogP contribution is -2.34. The maximum atomic E-state index is 11.6.